The Morgan fingerprint density at radius 3 is 3.00 bits per heavy atom. The molecule has 0 saturated carbocycles. The minimum absolute atomic E-state index is 0.0862. The SMILES string of the molecule is COc1ccnc(N2CCC3(CC2)OCCc2ccsc23)n1. The second kappa shape index (κ2) is 5.52. The van der Waals surface area contributed by atoms with E-state index in [1.165, 1.54) is 10.4 Å². The van der Waals surface area contributed by atoms with Gasteiger partial charge in [-0.2, -0.15) is 4.98 Å². The van der Waals surface area contributed by atoms with Crippen molar-refractivity contribution < 1.29 is 9.47 Å². The fourth-order valence-electron chi connectivity index (χ4n) is 3.39. The molecule has 116 valence electrons. The van der Waals surface area contributed by atoms with Gasteiger partial charge in [0, 0.05) is 30.2 Å². The van der Waals surface area contributed by atoms with E-state index in [1.54, 1.807) is 19.4 Å². The molecule has 0 atom stereocenters. The summed E-state index contributed by atoms with van der Waals surface area (Å²) in [7, 11) is 1.63. The van der Waals surface area contributed by atoms with Crippen LogP contribution >= 0.6 is 11.3 Å². The molecule has 0 N–H and O–H groups in total. The molecule has 2 aliphatic rings. The van der Waals surface area contributed by atoms with Crippen molar-refractivity contribution in [1.82, 2.24) is 9.97 Å². The number of anilines is 1. The largest absolute Gasteiger partial charge is 0.481 e. The molecule has 4 rings (SSSR count). The van der Waals surface area contributed by atoms with Crippen LogP contribution < -0.4 is 9.64 Å². The summed E-state index contributed by atoms with van der Waals surface area (Å²) in [6, 6.07) is 4.03. The van der Waals surface area contributed by atoms with E-state index in [-0.39, 0.29) is 5.60 Å². The number of hydrogen-bond acceptors (Lipinski definition) is 6. The van der Waals surface area contributed by atoms with Crippen molar-refractivity contribution in [2.45, 2.75) is 24.9 Å². The normalized spacial score (nSPS) is 20.0. The van der Waals surface area contributed by atoms with Gasteiger partial charge in [0.15, 0.2) is 0 Å². The molecule has 2 aromatic rings. The number of ether oxygens (including phenoxy) is 2. The van der Waals surface area contributed by atoms with Crippen LogP contribution in [0.15, 0.2) is 23.7 Å². The van der Waals surface area contributed by atoms with Gasteiger partial charge in [0.25, 0.3) is 0 Å². The molecular formula is C16H19N3O2S. The maximum absolute atomic E-state index is 6.24. The van der Waals surface area contributed by atoms with Gasteiger partial charge >= 0.3 is 0 Å². The van der Waals surface area contributed by atoms with Gasteiger partial charge in [-0.05, 0) is 36.3 Å². The van der Waals surface area contributed by atoms with E-state index < -0.39 is 0 Å². The topological polar surface area (TPSA) is 47.5 Å². The first kappa shape index (κ1) is 14.0. The van der Waals surface area contributed by atoms with Crippen molar-refractivity contribution in [3.05, 3.63) is 34.2 Å². The Hall–Kier alpha value is -1.66. The van der Waals surface area contributed by atoms with Crippen LogP contribution in [-0.2, 0) is 16.8 Å². The average molecular weight is 317 g/mol. The first-order valence-electron chi connectivity index (χ1n) is 7.63. The zero-order valence-corrected chi connectivity index (χ0v) is 13.4. The fourth-order valence-corrected chi connectivity index (χ4v) is 4.56. The van der Waals surface area contributed by atoms with Crippen molar-refractivity contribution in [1.29, 1.82) is 0 Å². The summed E-state index contributed by atoms with van der Waals surface area (Å²) < 4.78 is 11.4. The molecule has 0 unspecified atom stereocenters. The summed E-state index contributed by atoms with van der Waals surface area (Å²) in [5.74, 6) is 1.36. The zero-order valence-electron chi connectivity index (χ0n) is 12.6. The number of fused-ring (bicyclic) bond motifs is 2. The van der Waals surface area contributed by atoms with Crippen molar-refractivity contribution in [3.63, 3.8) is 0 Å². The van der Waals surface area contributed by atoms with Crippen LogP contribution in [-0.4, -0.2) is 36.8 Å². The van der Waals surface area contributed by atoms with Crippen molar-refractivity contribution in [2.24, 2.45) is 0 Å². The van der Waals surface area contributed by atoms with Gasteiger partial charge in [-0.15, -0.1) is 11.3 Å². The Morgan fingerprint density at radius 1 is 1.32 bits per heavy atom. The first-order chi connectivity index (χ1) is 10.8. The zero-order chi connectivity index (χ0) is 15.0. The van der Waals surface area contributed by atoms with Crippen LogP contribution in [0.3, 0.4) is 0 Å². The number of piperidine rings is 1. The highest BCUT2D eigenvalue weighted by Crippen LogP contribution is 2.44. The third kappa shape index (κ3) is 2.27. The molecule has 22 heavy (non-hydrogen) atoms. The average Bonchev–Trinajstić information content (AvgIpc) is 3.06. The standard InChI is InChI=1S/C16H19N3O2S/c1-20-13-2-7-17-15(18-13)19-8-5-16(6-9-19)14-12(3-10-21-16)4-11-22-14/h2,4,7,11H,3,5-6,8-10H2,1H3. The maximum Gasteiger partial charge on any atom is 0.228 e. The number of nitrogens with zero attached hydrogens (tertiary/aromatic N) is 3. The predicted molar refractivity (Wildman–Crippen MR) is 85.7 cm³/mol. The lowest BCUT2D eigenvalue weighted by molar-refractivity contribution is -0.0736. The van der Waals surface area contributed by atoms with Gasteiger partial charge in [0.1, 0.15) is 5.60 Å². The van der Waals surface area contributed by atoms with Gasteiger partial charge in [0.05, 0.1) is 13.7 Å². The number of thiophene rings is 1. The molecule has 0 aliphatic carbocycles. The molecule has 0 amide bonds. The molecule has 6 heteroatoms. The molecule has 0 radical (unpaired) electrons. The number of aromatic nitrogens is 2. The molecule has 2 aliphatic heterocycles. The summed E-state index contributed by atoms with van der Waals surface area (Å²) in [5.41, 5.74) is 1.39. The van der Waals surface area contributed by atoms with Gasteiger partial charge in [-0.1, -0.05) is 0 Å². The van der Waals surface area contributed by atoms with E-state index in [0.29, 0.717) is 5.88 Å². The number of methoxy groups -OCH3 is 1. The molecule has 4 heterocycles. The Labute approximate surface area is 133 Å². The highest BCUT2D eigenvalue weighted by atomic mass is 32.1. The van der Waals surface area contributed by atoms with Crippen molar-refractivity contribution in [3.8, 4) is 5.88 Å². The Kier molecular flexibility index (Phi) is 3.50. The second-order valence-electron chi connectivity index (χ2n) is 5.75. The third-order valence-corrected chi connectivity index (χ3v) is 5.73. The molecule has 1 fully saturated rings. The minimum Gasteiger partial charge on any atom is -0.481 e. The molecule has 1 spiro atoms. The van der Waals surface area contributed by atoms with Crippen LogP contribution in [0, 0.1) is 0 Å². The van der Waals surface area contributed by atoms with Gasteiger partial charge in [-0.25, -0.2) is 4.98 Å². The summed E-state index contributed by atoms with van der Waals surface area (Å²) in [6.45, 7) is 2.65. The lowest BCUT2D eigenvalue weighted by Gasteiger charge is -2.43. The van der Waals surface area contributed by atoms with E-state index in [1.807, 2.05) is 11.3 Å². The summed E-state index contributed by atoms with van der Waals surface area (Å²) in [6.07, 6.45) is 4.77. The molecule has 0 aromatic carbocycles. The summed E-state index contributed by atoms with van der Waals surface area (Å²) >= 11 is 1.84. The smallest absolute Gasteiger partial charge is 0.228 e. The monoisotopic (exact) mass is 317 g/mol. The number of hydrogen-bond donors (Lipinski definition) is 0. The van der Waals surface area contributed by atoms with E-state index in [2.05, 4.69) is 26.3 Å². The summed E-state index contributed by atoms with van der Waals surface area (Å²) in [5, 5.41) is 2.19. The molecule has 2 aromatic heterocycles. The van der Waals surface area contributed by atoms with E-state index >= 15 is 0 Å². The molecule has 0 bridgehead atoms. The van der Waals surface area contributed by atoms with Crippen LogP contribution in [0.1, 0.15) is 23.3 Å². The first-order valence-corrected chi connectivity index (χ1v) is 8.51. The Balaban J connectivity index is 1.54. The lowest BCUT2D eigenvalue weighted by Crippen LogP contribution is -2.46. The second-order valence-corrected chi connectivity index (χ2v) is 6.67. The Bertz CT molecular complexity index is 665. The Morgan fingerprint density at radius 2 is 2.18 bits per heavy atom. The van der Waals surface area contributed by atoms with Gasteiger partial charge < -0.3 is 14.4 Å². The highest BCUT2D eigenvalue weighted by Gasteiger charge is 2.42. The molecule has 5 nitrogen and oxygen atoms in total. The fraction of sp³-hybridized carbons (Fsp3) is 0.500. The van der Waals surface area contributed by atoms with E-state index in [9.17, 15) is 0 Å². The quantitative estimate of drug-likeness (QED) is 0.852. The van der Waals surface area contributed by atoms with Crippen LogP contribution in [0.4, 0.5) is 5.95 Å². The van der Waals surface area contributed by atoms with Crippen LogP contribution in [0.2, 0.25) is 0 Å². The van der Waals surface area contributed by atoms with Crippen LogP contribution in [0.25, 0.3) is 0 Å². The van der Waals surface area contributed by atoms with Gasteiger partial charge in [0.2, 0.25) is 11.8 Å². The predicted octanol–water partition coefficient (Wildman–Crippen LogP) is 2.62. The minimum atomic E-state index is -0.0862. The van der Waals surface area contributed by atoms with Crippen molar-refractivity contribution >= 4 is 17.3 Å². The van der Waals surface area contributed by atoms with Crippen LogP contribution in [0.5, 0.6) is 5.88 Å². The summed E-state index contributed by atoms with van der Waals surface area (Å²) in [4.78, 5) is 12.5. The highest BCUT2D eigenvalue weighted by molar-refractivity contribution is 7.10. The van der Waals surface area contributed by atoms with Crippen molar-refractivity contribution in [2.75, 3.05) is 31.7 Å². The third-order valence-electron chi connectivity index (χ3n) is 4.59. The number of rotatable bonds is 2. The maximum atomic E-state index is 6.24. The van der Waals surface area contributed by atoms with E-state index in [4.69, 9.17) is 9.47 Å². The molecular weight excluding hydrogens is 298 g/mol. The lowest BCUT2D eigenvalue weighted by atomic mass is 9.85. The van der Waals surface area contributed by atoms with Gasteiger partial charge in [-0.3, -0.25) is 0 Å². The molecule has 1 saturated heterocycles. The van der Waals surface area contributed by atoms with E-state index in [0.717, 1.165) is 44.9 Å².